The minimum Gasteiger partial charge on any atom is -0.496 e. The Kier molecular flexibility index (Phi) is 6.45. The topological polar surface area (TPSA) is 84.5 Å². The maximum atomic E-state index is 12.8. The third-order valence-electron chi connectivity index (χ3n) is 4.95. The summed E-state index contributed by atoms with van der Waals surface area (Å²) in [6.45, 7) is -0.0798. The fraction of sp³-hybridized carbons (Fsp3) is 0.174. The largest absolute Gasteiger partial charge is 0.496 e. The number of benzene rings is 2. The molecule has 0 saturated carbocycles. The fourth-order valence-electron chi connectivity index (χ4n) is 3.42. The zero-order valence-electron chi connectivity index (χ0n) is 18.4. The second-order valence-electron chi connectivity index (χ2n) is 6.96. The molecule has 0 bridgehead atoms. The van der Waals surface area contributed by atoms with Crippen molar-refractivity contribution in [3.8, 4) is 28.6 Å². The molecule has 0 fully saturated rings. The molecule has 0 aliphatic heterocycles. The highest BCUT2D eigenvalue weighted by Gasteiger charge is 2.19. The van der Waals surface area contributed by atoms with Crippen LogP contribution in [0, 0.1) is 4.77 Å². The van der Waals surface area contributed by atoms with Gasteiger partial charge in [-0.25, -0.2) is 9.36 Å². The van der Waals surface area contributed by atoms with Gasteiger partial charge in [0.05, 0.1) is 26.9 Å². The van der Waals surface area contributed by atoms with Crippen LogP contribution < -0.4 is 19.5 Å². The number of hydrogen-bond donors (Lipinski definition) is 1. The van der Waals surface area contributed by atoms with Crippen molar-refractivity contribution >= 4 is 23.8 Å². The molecular weight excluding hydrogens is 442 g/mol. The number of carbonyl (C=O) groups is 1. The van der Waals surface area contributed by atoms with Gasteiger partial charge in [-0.15, -0.1) is 5.10 Å². The molecule has 10 heteroatoms. The Morgan fingerprint density at radius 1 is 0.939 bits per heavy atom. The van der Waals surface area contributed by atoms with Crippen LogP contribution in [0.15, 0.2) is 67.0 Å². The van der Waals surface area contributed by atoms with Crippen molar-refractivity contribution in [1.82, 2.24) is 19.1 Å². The predicted octanol–water partition coefficient (Wildman–Crippen LogP) is 3.86. The van der Waals surface area contributed by atoms with Gasteiger partial charge < -0.3 is 19.5 Å². The number of nitrogens with zero attached hydrogens (tertiary/aromatic N) is 4. The van der Waals surface area contributed by atoms with Crippen molar-refractivity contribution in [2.24, 2.45) is 0 Å². The van der Waals surface area contributed by atoms with Crippen molar-refractivity contribution in [3.05, 3.63) is 71.8 Å². The second-order valence-corrected chi connectivity index (χ2v) is 7.32. The molecule has 2 heterocycles. The van der Waals surface area contributed by atoms with Gasteiger partial charge in [-0.05, 0) is 48.6 Å². The zero-order chi connectivity index (χ0) is 23.4. The van der Waals surface area contributed by atoms with Crippen LogP contribution in [0.1, 0.15) is 0 Å². The maximum absolute atomic E-state index is 12.8. The van der Waals surface area contributed by atoms with Gasteiger partial charge in [0.25, 0.3) is 0 Å². The Morgan fingerprint density at radius 2 is 1.64 bits per heavy atom. The Hall–Kier alpha value is -4.05. The van der Waals surface area contributed by atoms with Crippen molar-refractivity contribution in [1.29, 1.82) is 0 Å². The minimum absolute atomic E-state index is 0.0798. The van der Waals surface area contributed by atoms with Gasteiger partial charge in [0.2, 0.25) is 10.7 Å². The van der Waals surface area contributed by atoms with Gasteiger partial charge >= 0.3 is 0 Å². The van der Waals surface area contributed by atoms with E-state index in [4.69, 9.17) is 26.4 Å². The molecule has 170 valence electrons. The normalized spacial score (nSPS) is 10.6. The molecule has 2 aromatic carbocycles. The lowest BCUT2D eigenvalue weighted by Crippen LogP contribution is -2.20. The third kappa shape index (κ3) is 4.46. The molecule has 9 nitrogen and oxygen atoms in total. The Balaban J connectivity index is 1.68. The first-order valence-electron chi connectivity index (χ1n) is 10.0. The van der Waals surface area contributed by atoms with E-state index in [0.29, 0.717) is 33.5 Å². The number of aromatic nitrogens is 4. The Bertz CT molecular complexity index is 1330. The molecule has 4 rings (SSSR count). The summed E-state index contributed by atoms with van der Waals surface area (Å²) >= 11 is 5.68. The summed E-state index contributed by atoms with van der Waals surface area (Å²) in [6, 6.07) is 16.4. The number of methoxy groups -OCH3 is 3. The molecule has 0 radical (unpaired) electrons. The van der Waals surface area contributed by atoms with Gasteiger partial charge in [-0.2, -0.15) is 0 Å². The van der Waals surface area contributed by atoms with Crippen LogP contribution in [0.5, 0.6) is 17.2 Å². The van der Waals surface area contributed by atoms with Gasteiger partial charge in [0, 0.05) is 24.1 Å². The molecule has 2 aromatic heterocycles. The lowest BCUT2D eigenvalue weighted by molar-refractivity contribution is -0.116. The molecule has 0 aliphatic carbocycles. The summed E-state index contributed by atoms with van der Waals surface area (Å²) in [5.41, 5.74) is 1.32. The van der Waals surface area contributed by atoms with Crippen molar-refractivity contribution in [2.75, 3.05) is 26.6 Å². The Morgan fingerprint density at radius 3 is 2.33 bits per heavy atom. The smallest absolute Gasteiger partial charge is 0.246 e. The maximum Gasteiger partial charge on any atom is 0.246 e. The summed E-state index contributed by atoms with van der Waals surface area (Å²) in [4.78, 5) is 12.8. The lowest BCUT2D eigenvalue weighted by atomic mass is 10.2. The number of hydrogen-bond acceptors (Lipinski definition) is 6. The number of anilines is 1. The van der Waals surface area contributed by atoms with Crippen LogP contribution in [0.3, 0.4) is 0 Å². The first-order valence-corrected chi connectivity index (χ1v) is 10.4. The SMILES string of the molecule is COc1ccc(NC(=O)Cn2nc(-c3ccccc3OC)n(-n3cccc3)c2=S)cc1OC. The van der Waals surface area contributed by atoms with Crippen LogP contribution in [0.25, 0.3) is 11.4 Å². The molecule has 33 heavy (non-hydrogen) atoms. The average Bonchev–Trinajstić information content (AvgIpc) is 3.47. The van der Waals surface area contributed by atoms with Crippen LogP contribution in [0.4, 0.5) is 5.69 Å². The number of nitrogens with one attached hydrogen (secondary N) is 1. The van der Waals surface area contributed by atoms with Gasteiger partial charge in [0.15, 0.2) is 17.3 Å². The molecule has 4 aromatic rings. The number of carbonyl (C=O) groups excluding carboxylic acids is 1. The second kappa shape index (κ2) is 9.61. The highest BCUT2D eigenvalue weighted by molar-refractivity contribution is 7.71. The molecule has 1 amide bonds. The molecule has 0 atom stereocenters. The monoisotopic (exact) mass is 465 g/mol. The number of ether oxygens (including phenoxy) is 3. The van der Waals surface area contributed by atoms with E-state index in [1.54, 1.807) is 41.8 Å². The quantitative estimate of drug-likeness (QED) is 0.398. The summed E-state index contributed by atoms with van der Waals surface area (Å²) in [5, 5.41) is 7.50. The highest BCUT2D eigenvalue weighted by Crippen LogP contribution is 2.30. The summed E-state index contributed by atoms with van der Waals surface area (Å²) < 4.78 is 21.4. The van der Waals surface area contributed by atoms with Gasteiger partial charge in [-0.3, -0.25) is 9.47 Å². The van der Waals surface area contributed by atoms with E-state index in [-0.39, 0.29) is 12.5 Å². The molecule has 0 aliphatic rings. The first-order chi connectivity index (χ1) is 16.0. The molecule has 0 spiro atoms. The van der Waals surface area contributed by atoms with E-state index in [2.05, 4.69) is 10.4 Å². The van der Waals surface area contributed by atoms with E-state index in [1.807, 2.05) is 48.8 Å². The number of amides is 1. The van der Waals surface area contributed by atoms with E-state index in [9.17, 15) is 4.79 Å². The molecule has 0 unspecified atom stereocenters. The van der Waals surface area contributed by atoms with E-state index < -0.39 is 0 Å². The van der Waals surface area contributed by atoms with Crippen LogP contribution in [-0.4, -0.2) is 46.4 Å². The zero-order valence-corrected chi connectivity index (χ0v) is 19.2. The van der Waals surface area contributed by atoms with E-state index in [1.165, 1.54) is 11.8 Å². The van der Waals surface area contributed by atoms with Crippen LogP contribution in [0.2, 0.25) is 0 Å². The fourth-order valence-corrected chi connectivity index (χ4v) is 3.70. The average molecular weight is 466 g/mol. The molecule has 0 saturated heterocycles. The molecular formula is C23H23N5O4S. The van der Waals surface area contributed by atoms with Crippen molar-refractivity contribution in [2.45, 2.75) is 6.54 Å². The van der Waals surface area contributed by atoms with Crippen molar-refractivity contribution < 1.29 is 19.0 Å². The Labute approximate surface area is 195 Å². The lowest BCUT2D eigenvalue weighted by Gasteiger charge is -2.10. The van der Waals surface area contributed by atoms with Gasteiger partial charge in [0.1, 0.15) is 12.3 Å². The molecule has 1 N–H and O–H groups in total. The number of rotatable bonds is 8. The van der Waals surface area contributed by atoms with E-state index >= 15 is 0 Å². The van der Waals surface area contributed by atoms with Gasteiger partial charge in [-0.1, -0.05) is 12.1 Å². The highest BCUT2D eigenvalue weighted by atomic mass is 32.1. The summed E-state index contributed by atoms with van der Waals surface area (Å²) in [7, 11) is 4.69. The minimum atomic E-state index is -0.290. The standard InChI is InChI=1S/C23H23N5O4S/c1-30-18-9-5-4-8-17(18)22-25-27(23(33)28(22)26-12-6-7-13-26)15-21(29)24-16-10-11-19(31-2)20(14-16)32-3/h4-14H,15H2,1-3H3,(H,24,29). The predicted molar refractivity (Wildman–Crippen MR) is 126 cm³/mol. The number of para-hydroxylation sites is 1. The van der Waals surface area contributed by atoms with Crippen molar-refractivity contribution in [3.63, 3.8) is 0 Å². The van der Waals surface area contributed by atoms with Crippen LogP contribution >= 0.6 is 12.2 Å². The van der Waals surface area contributed by atoms with E-state index in [0.717, 1.165) is 5.56 Å². The third-order valence-corrected chi connectivity index (χ3v) is 5.33. The summed E-state index contributed by atoms with van der Waals surface area (Å²) in [5.74, 6) is 1.99. The summed E-state index contributed by atoms with van der Waals surface area (Å²) in [6.07, 6.45) is 3.70. The first kappa shape index (κ1) is 22.2. The van der Waals surface area contributed by atoms with Crippen LogP contribution in [-0.2, 0) is 11.3 Å².